The van der Waals surface area contributed by atoms with E-state index in [0.29, 0.717) is 24.8 Å². The van der Waals surface area contributed by atoms with E-state index in [9.17, 15) is 13.2 Å². The number of para-hydroxylation sites is 1. The molecule has 180 valence electrons. The number of benzene rings is 2. The molecule has 0 atom stereocenters. The summed E-state index contributed by atoms with van der Waals surface area (Å²) in [6.45, 7) is 5.00. The number of anilines is 1. The van der Waals surface area contributed by atoms with Gasteiger partial charge in [0.15, 0.2) is 0 Å². The van der Waals surface area contributed by atoms with Crippen molar-refractivity contribution in [1.29, 1.82) is 0 Å². The van der Waals surface area contributed by atoms with E-state index in [0.717, 1.165) is 12.1 Å². The maximum atomic E-state index is 13.1. The molecular formula is C25H34ClN3O3S. The molecule has 0 saturated heterocycles. The smallest absolute Gasteiger partial charge is 0.257 e. The summed E-state index contributed by atoms with van der Waals surface area (Å²) >= 11 is 6.30. The number of amides is 1. The molecular weight excluding hydrogens is 458 g/mol. The average molecular weight is 492 g/mol. The molecule has 0 aliphatic heterocycles. The van der Waals surface area contributed by atoms with Crippen LogP contribution >= 0.6 is 11.6 Å². The van der Waals surface area contributed by atoms with Crippen molar-refractivity contribution in [3.8, 4) is 0 Å². The summed E-state index contributed by atoms with van der Waals surface area (Å²) in [5.41, 5.74) is 1.86. The van der Waals surface area contributed by atoms with Crippen molar-refractivity contribution in [3.05, 3.63) is 58.6 Å². The van der Waals surface area contributed by atoms with Gasteiger partial charge in [0.2, 0.25) is 10.0 Å². The number of rotatable bonds is 9. The molecule has 8 heteroatoms. The zero-order valence-electron chi connectivity index (χ0n) is 19.7. The number of sulfonamides is 1. The summed E-state index contributed by atoms with van der Waals surface area (Å²) in [5, 5.41) is 3.16. The van der Waals surface area contributed by atoms with Gasteiger partial charge in [-0.1, -0.05) is 62.9 Å². The van der Waals surface area contributed by atoms with E-state index in [1.54, 1.807) is 13.8 Å². The first-order valence-corrected chi connectivity index (χ1v) is 13.5. The molecule has 1 amide bonds. The Kier molecular flexibility index (Phi) is 8.93. The summed E-state index contributed by atoms with van der Waals surface area (Å²) in [6.07, 6.45) is 6.24. The zero-order valence-corrected chi connectivity index (χ0v) is 21.3. The Bertz CT molecular complexity index is 1060. The summed E-state index contributed by atoms with van der Waals surface area (Å²) in [5.74, 6) is -0.427. The first-order chi connectivity index (χ1) is 15.8. The van der Waals surface area contributed by atoms with Crippen LogP contribution in [0.5, 0.6) is 0 Å². The van der Waals surface area contributed by atoms with Crippen LogP contribution in [0.4, 0.5) is 5.69 Å². The first kappa shape index (κ1) is 25.7. The highest BCUT2D eigenvalue weighted by Gasteiger charge is 2.24. The third-order valence-corrected chi connectivity index (χ3v) is 8.78. The number of hydrogen-bond acceptors (Lipinski definition) is 4. The van der Waals surface area contributed by atoms with Crippen LogP contribution in [-0.2, 0) is 16.6 Å². The number of nitrogens with zero attached hydrogens (tertiary/aromatic N) is 2. The molecule has 0 unspecified atom stereocenters. The van der Waals surface area contributed by atoms with Crippen LogP contribution in [-0.4, -0.2) is 49.7 Å². The number of hydrogen-bond donors (Lipinski definition) is 1. The highest BCUT2D eigenvalue weighted by atomic mass is 35.5. The molecule has 1 saturated carbocycles. The summed E-state index contributed by atoms with van der Waals surface area (Å²) < 4.78 is 27.2. The van der Waals surface area contributed by atoms with Gasteiger partial charge in [-0.25, -0.2) is 8.42 Å². The number of carbonyl (C=O) groups is 1. The van der Waals surface area contributed by atoms with Crippen LogP contribution in [0.15, 0.2) is 47.4 Å². The molecule has 6 nitrogen and oxygen atoms in total. The second-order valence-corrected chi connectivity index (χ2v) is 10.9. The van der Waals surface area contributed by atoms with Crippen molar-refractivity contribution in [3.63, 3.8) is 0 Å². The van der Waals surface area contributed by atoms with Crippen LogP contribution in [0.25, 0.3) is 0 Å². The van der Waals surface area contributed by atoms with Crippen molar-refractivity contribution in [2.75, 3.05) is 25.5 Å². The molecule has 3 rings (SSSR count). The fourth-order valence-corrected chi connectivity index (χ4v) is 6.13. The fourth-order valence-electron chi connectivity index (χ4n) is 4.44. The van der Waals surface area contributed by atoms with Crippen molar-refractivity contribution in [2.45, 2.75) is 63.4 Å². The van der Waals surface area contributed by atoms with Gasteiger partial charge < -0.3 is 5.32 Å². The first-order valence-electron chi connectivity index (χ1n) is 11.7. The normalized spacial score (nSPS) is 15.2. The number of halogens is 1. The van der Waals surface area contributed by atoms with Crippen molar-refractivity contribution < 1.29 is 13.2 Å². The SMILES string of the molecule is CCN(CC)S(=O)(=O)c1ccc(Cl)c(C(=O)Nc2ccccc2CN(C)C2CCCCC2)c1. The molecule has 2 aromatic carbocycles. The van der Waals surface area contributed by atoms with E-state index in [-0.39, 0.29) is 15.5 Å². The Morgan fingerprint density at radius 2 is 1.73 bits per heavy atom. The molecule has 1 aliphatic carbocycles. The molecule has 0 bridgehead atoms. The van der Waals surface area contributed by atoms with Gasteiger partial charge in [0.1, 0.15) is 0 Å². The molecule has 0 aromatic heterocycles. The lowest BCUT2D eigenvalue weighted by molar-refractivity contribution is 0.102. The highest BCUT2D eigenvalue weighted by molar-refractivity contribution is 7.89. The largest absolute Gasteiger partial charge is 0.322 e. The van der Waals surface area contributed by atoms with E-state index in [1.807, 2.05) is 24.3 Å². The Hall–Kier alpha value is -1.93. The molecule has 0 radical (unpaired) electrons. The maximum Gasteiger partial charge on any atom is 0.257 e. The predicted molar refractivity (Wildman–Crippen MR) is 134 cm³/mol. The molecule has 33 heavy (non-hydrogen) atoms. The van der Waals surface area contributed by atoms with E-state index >= 15 is 0 Å². The van der Waals surface area contributed by atoms with E-state index in [2.05, 4.69) is 17.3 Å². The quantitative estimate of drug-likeness (QED) is 0.510. The van der Waals surface area contributed by atoms with Crippen LogP contribution in [0.3, 0.4) is 0 Å². The van der Waals surface area contributed by atoms with Gasteiger partial charge in [0.05, 0.1) is 15.5 Å². The summed E-state index contributed by atoms with van der Waals surface area (Å²) in [6, 6.07) is 12.5. The molecule has 0 heterocycles. The van der Waals surface area contributed by atoms with E-state index in [1.165, 1.54) is 54.6 Å². The maximum absolute atomic E-state index is 13.1. The third-order valence-electron chi connectivity index (χ3n) is 6.41. The van der Waals surface area contributed by atoms with Gasteiger partial charge in [-0.2, -0.15) is 4.31 Å². The lowest BCUT2D eigenvalue weighted by atomic mass is 9.94. The molecule has 0 spiro atoms. The fraction of sp³-hybridized carbons (Fsp3) is 0.480. The second kappa shape index (κ2) is 11.5. The lowest BCUT2D eigenvalue weighted by Crippen LogP contribution is -2.33. The number of nitrogens with one attached hydrogen (secondary N) is 1. The zero-order chi connectivity index (χ0) is 24.0. The molecule has 2 aromatic rings. The lowest BCUT2D eigenvalue weighted by Gasteiger charge is -2.31. The minimum Gasteiger partial charge on any atom is -0.322 e. The van der Waals surface area contributed by atoms with E-state index in [4.69, 9.17) is 11.6 Å². The van der Waals surface area contributed by atoms with E-state index < -0.39 is 15.9 Å². The monoisotopic (exact) mass is 491 g/mol. The van der Waals surface area contributed by atoms with Gasteiger partial charge in [-0.3, -0.25) is 9.69 Å². The molecule has 1 aliphatic rings. The molecule has 1 N–H and O–H groups in total. The highest BCUT2D eigenvalue weighted by Crippen LogP contribution is 2.27. The van der Waals surface area contributed by atoms with Gasteiger partial charge >= 0.3 is 0 Å². The average Bonchev–Trinajstić information content (AvgIpc) is 2.81. The third kappa shape index (κ3) is 6.15. The van der Waals surface area contributed by atoms with Crippen LogP contribution < -0.4 is 5.32 Å². The van der Waals surface area contributed by atoms with Crippen LogP contribution in [0, 0.1) is 0 Å². The Morgan fingerprint density at radius 1 is 1.06 bits per heavy atom. The van der Waals surface area contributed by atoms with Crippen molar-refractivity contribution in [1.82, 2.24) is 9.21 Å². The van der Waals surface area contributed by atoms with Crippen molar-refractivity contribution in [2.24, 2.45) is 0 Å². The minimum absolute atomic E-state index is 0.0612. The second-order valence-electron chi connectivity index (χ2n) is 8.55. The summed E-state index contributed by atoms with van der Waals surface area (Å²) in [7, 11) is -1.56. The summed E-state index contributed by atoms with van der Waals surface area (Å²) in [4.78, 5) is 15.6. The Balaban J connectivity index is 1.82. The van der Waals surface area contributed by atoms with Gasteiger partial charge in [0.25, 0.3) is 5.91 Å². The van der Waals surface area contributed by atoms with Crippen molar-refractivity contribution >= 4 is 33.2 Å². The van der Waals surface area contributed by atoms with Gasteiger partial charge in [-0.15, -0.1) is 0 Å². The topological polar surface area (TPSA) is 69.7 Å². The van der Waals surface area contributed by atoms with Gasteiger partial charge in [-0.05, 0) is 49.7 Å². The number of carbonyl (C=O) groups excluding carboxylic acids is 1. The Morgan fingerprint density at radius 3 is 2.39 bits per heavy atom. The van der Waals surface area contributed by atoms with Gasteiger partial charge in [0, 0.05) is 31.4 Å². The van der Waals surface area contributed by atoms with Crippen LogP contribution in [0.1, 0.15) is 61.9 Å². The predicted octanol–water partition coefficient (Wildman–Crippen LogP) is 5.39. The standard InChI is InChI=1S/C25H34ClN3O3S/c1-4-29(5-2)33(31,32)21-15-16-23(26)22(17-21)25(30)27-24-14-10-9-11-19(24)18-28(3)20-12-7-6-8-13-20/h9-11,14-17,20H,4-8,12-13,18H2,1-3H3,(H,27,30). The Labute approximate surface area is 203 Å². The van der Waals surface area contributed by atoms with Crippen LogP contribution in [0.2, 0.25) is 5.02 Å². The molecule has 1 fully saturated rings. The minimum atomic E-state index is -3.70.